The molecule has 6 heteroatoms. The highest BCUT2D eigenvalue weighted by atomic mass is 16.2. The molecule has 0 unspecified atom stereocenters. The van der Waals surface area contributed by atoms with Crippen molar-refractivity contribution in [3.8, 4) is 0 Å². The number of carbonyl (C=O) groups is 2. The Morgan fingerprint density at radius 1 is 0.759 bits per heavy atom. The van der Waals surface area contributed by atoms with Crippen LogP contribution in [0.3, 0.4) is 0 Å². The second-order valence-corrected chi connectivity index (χ2v) is 7.40. The Morgan fingerprint density at radius 3 is 2.21 bits per heavy atom. The molecule has 2 aromatic rings. The fourth-order valence-corrected chi connectivity index (χ4v) is 3.50. The van der Waals surface area contributed by atoms with Gasteiger partial charge < -0.3 is 16.0 Å². The number of urea groups is 1. The molecule has 154 valence electrons. The van der Waals surface area contributed by atoms with Crippen molar-refractivity contribution < 1.29 is 9.59 Å². The van der Waals surface area contributed by atoms with Gasteiger partial charge in [0, 0.05) is 19.6 Å². The minimum Gasteiger partial charge on any atom is -0.350 e. The molecule has 2 aromatic carbocycles. The van der Waals surface area contributed by atoms with Crippen molar-refractivity contribution in [2.24, 2.45) is 0 Å². The van der Waals surface area contributed by atoms with E-state index in [0.717, 1.165) is 30.8 Å². The molecule has 3 amide bonds. The average molecular weight is 395 g/mol. The summed E-state index contributed by atoms with van der Waals surface area (Å²) in [5.74, 6) is -0.201. The number of amides is 3. The van der Waals surface area contributed by atoms with Gasteiger partial charge in [0.2, 0.25) is 5.91 Å². The first kappa shape index (κ1) is 20.9. The van der Waals surface area contributed by atoms with Crippen molar-refractivity contribution in [3.63, 3.8) is 0 Å². The molecule has 0 aromatic heterocycles. The quantitative estimate of drug-likeness (QED) is 0.645. The number of nitrogens with one attached hydrogen (secondary N) is 3. The molecule has 1 saturated heterocycles. The minimum absolute atomic E-state index is 0.0467. The molecule has 6 nitrogen and oxygen atoms in total. The Bertz CT molecular complexity index is 788. The lowest BCUT2D eigenvalue weighted by atomic mass is 10.0. The first-order chi connectivity index (χ1) is 14.2. The van der Waals surface area contributed by atoms with Crippen LogP contribution in [-0.4, -0.2) is 36.5 Å². The van der Waals surface area contributed by atoms with E-state index in [1.807, 2.05) is 42.5 Å². The number of piperidine rings is 1. The number of likely N-dealkylation sites (tertiary alicyclic amines) is 1. The lowest BCUT2D eigenvalue weighted by molar-refractivity contribution is -0.120. The van der Waals surface area contributed by atoms with Gasteiger partial charge in [0.05, 0.1) is 6.54 Å². The summed E-state index contributed by atoms with van der Waals surface area (Å²) >= 11 is 0. The molecule has 0 bridgehead atoms. The van der Waals surface area contributed by atoms with E-state index in [1.165, 1.54) is 24.8 Å². The number of carbonyl (C=O) groups excluding carboxylic acids is 2. The van der Waals surface area contributed by atoms with Crippen molar-refractivity contribution in [1.82, 2.24) is 20.9 Å². The molecule has 0 radical (unpaired) electrons. The van der Waals surface area contributed by atoms with Crippen molar-refractivity contribution in [1.29, 1.82) is 0 Å². The van der Waals surface area contributed by atoms with Gasteiger partial charge in [-0.15, -0.1) is 0 Å². The highest BCUT2D eigenvalue weighted by Crippen LogP contribution is 2.16. The van der Waals surface area contributed by atoms with Crippen LogP contribution in [-0.2, 0) is 24.4 Å². The molecule has 0 spiro atoms. The molecule has 3 N–H and O–H groups in total. The second kappa shape index (κ2) is 11.2. The minimum atomic E-state index is -0.352. The molecule has 1 fully saturated rings. The molecular formula is C23H30N4O2. The van der Waals surface area contributed by atoms with E-state index >= 15 is 0 Å². The third kappa shape index (κ3) is 7.23. The highest BCUT2D eigenvalue weighted by molar-refractivity contribution is 5.83. The van der Waals surface area contributed by atoms with Gasteiger partial charge in [0.1, 0.15) is 0 Å². The van der Waals surface area contributed by atoms with Crippen LogP contribution < -0.4 is 16.0 Å². The lowest BCUT2D eigenvalue weighted by Gasteiger charge is -2.27. The van der Waals surface area contributed by atoms with E-state index < -0.39 is 0 Å². The average Bonchev–Trinajstić information content (AvgIpc) is 2.77. The van der Waals surface area contributed by atoms with E-state index in [9.17, 15) is 9.59 Å². The summed E-state index contributed by atoms with van der Waals surface area (Å²) in [6.45, 7) is 4.06. The van der Waals surface area contributed by atoms with Crippen molar-refractivity contribution in [2.75, 3.05) is 19.6 Å². The van der Waals surface area contributed by atoms with Crippen molar-refractivity contribution >= 4 is 11.9 Å². The summed E-state index contributed by atoms with van der Waals surface area (Å²) < 4.78 is 0. The largest absolute Gasteiger partial charge is 0.350 e. The zero-order valence-electron chi connectivity index (χ0n) is 16.8. The van der Waals surface area contributed by atoms with Crippen LogP contribution in [0.5, 0.6) is 0 Å². The van der Waals surface area contributed by atoms with E-state index in [-0.39, 0.29) is 18.5 Å². The zero-order valence-corrected chi connectivity index (χ0v) is 16.8. The van der Waals surface area contributed by atoms with Gasteiger partial charge in [-0.2, -0.15) is 0 Å². The van der Waals surface area contributed by atoms with Crippen LogP contribution in [0.4, 0.5) is 4.79 Å². The smallest absolute Gasteiger partial charge is 0.315 e. The van der Waals surface area contributed by atoms with Crippen molar-refractivity contribution in [2.45, 2.75) is 38.9 Å². The van der Waals surface area contributed by atoms with E-state index in [0.29, 0.717) is 13.1 Å². The number of hydrogen-bond acceptors (Lipinski definition) is 3. The summed E-state index contributed by atoms with van der Waals surface area (Å²) in [5, 5.41) is 8.25. The van der Waals surface area contributed by atoms with Gasteiger partial charge in [-0.05, 0) is 42.6 Å². The van der Waals surface area contributed by atoms with Gasteiger partial charge in [-0.3, -0.25) is 9.69 Å². The molecule has 1 heterocycles. The summed E-state index contributed by atoms with van der Waals surface area (Å²) in [5.41, 5.74) is 3.39. The number of nitrogens with zero attached hydrogens (tertiary/aromatic N) is 1. The Morgan fingerprint density at radius 2 is 1.45 bits per heavy atom. The molecule has 3 rings (SSSR count). The van der Waals surface area contributed by atoms with E-state index in [4.69, 9.17) is 0 Å². The van der Waals surface area contributed by atoms with Crippen LogP contribution in [0.15, 0.2) is 54.6 Å². The topological polar surface area (TPSA) is 73.5 Å². The highest BCUT2D eigenvalue weighted by Gasteiger charge is 2.13. The van der Waals surface area contributed by atoms with E-state index in [1.54, 1.807) is 0 Å². The molecule has 1 aliphatic heterocycles. The molecule has 1 aliphatic rings. The standard InChI is InChI=1S/C23H30N4O2/c28-22(17-26-23(29)25-15-19-9-3-1-4-10-19)24-16-20-11-5-6-12-21(20)18-27-13-7-2-8-14-27/h1,3-6,9-12H,2,7-8,13-18H2,(H,24,28)(H2,25,26,29). The Hall–Kier alpha value is -2.86. The summed E-state index contributed by atoms with van der Waals surface area (Å²) in [6.07, 6.45) is 3.84. The predicted molar refractivity (Wildman–Crippen MR) is 114 cm³/mol. The SMILES string of the molecule is O=C(CNC(=O)NCc1ccccc1)NCc1ccccc1CN1CCCCC1. The number of benzene rings is 2. The fourth-order valence-electron chi connectivity index (χ4n) is 3.50. The fraction of sp³-hybridized carbons (Fsp3) is 0.391. The third-order valence-corrected chi connectivity index (χ3v) is 5.14. The summed E-state index contributed by atoms with van der Waals surface area (Å²) in [7, 11) is 0. The first-order valence-corrected chi connectivity index (χ1v) is 10.3. The van der Waals surface area contributed by atoms with Gasteiger partial charge in [0.25, 0.3) is 0 Å². The normalized spacial score (nSPS) is 14.2. The Labute approximate surface area is 172 Å². The zero-order chi connectivity index (χ0) is 20.3. The molecule has 0 saturated carbocycles. The maximum Gasteiger partial charge on any atom is 0.315 e. The monoisotopic (exact) mass is 394 g/mol. The first-order valence-electron chi connectivity index (χ1n) is 10.3. The molecular weight excluding hydrogens is 364 g/mol. The maximum atomic E-state index is 12.1. The molecule has 0 aliphatic carbocycles. The predicted octanol–water partition coefficient (Wildman–Crippen LogP) is 2.79. The number of hydrogen-bond donors (Lipinski definition) is 3. The maximum absolute atomic E-state index is 12.1. The van der Waals surface area contributed by atoms with Crippen LogP contribution in [0.1, 0.15) is 36.0 Å². The summed E-state index contributed by atoms with van der Waals surface area (Å²) in [6, 6.07) is 17.5. The molecule has 0 atom stereocenters. The molecule has 29 heavy (non-hydrogen) atoms. The van der Waals surface area contributed by atoms with Gasteiger partial charge >= 0.3 is 6.03 Å². The van der Waals surface area contributed by atoms with Crippen LogP contribution >= 0.6 is 0 Å². The number of rotatable bonds is 8. The summed E-state index contributed by atoms with van der Waals surface area (Å²) in [4.78, 5) is 26.5. The van der Waals surface area contributed by atoms with Gasteiger partial charge in [0.15, 0.2) is 0 Å². The van der Waals surface area contributed by atoms with Gasteiger partial charge in [-0.1, -0.05) is 61.0 Å². The van der Waals surface area contributed by atoms with Crippen LogP contribution in [0, 0.1) is 0 Å². The van der Waals surface area contributed by atoms with Crippen LogP contribution in [0.2, 0.25) is 0 Å². The lowest BCUT2D eigenvalue weighted by Crippen LogP contribution is -2.41. The third-order valence-electron chi connectivity index (χ3n) is 5.14. The Balaban J connectivity index is 1.39. The Kier molecular flexibility index (Phi) is 8.07. The second-order valence-electron chi connectivity index (χ2n) is 7.40. The van der Waals surface area contributed by atoms with Crippen LogP contribution in [0.25, 0.3) is 0 Å². The van der Waals surface area contributed by atoms with Crippen molar-refractivity contribution in [3.05, 3.63) is 71.3 Å². The van der Waals surface area contributed by atoms with Gasteiger partial charge in [-0.25, -0.2) is 4.79 Å². The van der Waals surface area contributed by atoms with E-state index in [2.05, 4.69) is 33.0 Å².